The van der Waals surface area contributed by atoms with Gasteiger partial charge in [0.1, 0.15) is 5.82 Å². The minimum absolute atomic E-state index is 0.532. The van der Waals surface area contributed by atoms with Crippen molar-refractivity contribution < 1.29 is 0 Å². The van der Waals surface area contributed by atoms with Crippen LogP contribution in [0.1, 0.15) is 25.3 Å². The van der Waals surface area contributed by atoms with Crippen LogP contribution in [-0.2, 0) is 0 Å². The molecule has 1 aliphatic rings. The topological polar surface area (TPSA) is 50.9 Å². The van der Waals surface area contributed by atoms with Gasteiger partial charge in [-0.05, 0) is 44.2 Å². The highest BCUT2D eigenvalue weighted by Crippen LogP contribution is 2.34. The molecule has 1 heterocycles. The van der Waals surface area contributed by atoms with Crippen molar-refractivity contribution in [1.82, 2.24) is 4.98 Å². The highest BCUT2D eigenvalue weighted by molar-refractivity contribution is 5.51. The zero-order valence-corrected chi connectivity index (χ0v) is 8.75. The van der Waals surface area contributed by atoms with Crippen molar-refractivity contribution in [3.63, 3.8) is 0 Å². The first-order valence-corrected chi connectivity index (χ1v) is 5.15. The molecule has 3 N–H and O–H groups in total. The second kappa shape index (κ2) is 3.48. The van der Waals surface area contributed by atoms with Gasteiger partial charge in [-0.25, -0.2) is 4.98 Å². The van der Waals surface area contributed by atoms with Gasteiger partial charge in [-0.3, -0.25) is 0 Å². The lowest BCUT2D eigenvalue weighted by molar-refractivity contribution is 0.690. The van der Waals surface area contributed by atoms with E-state index < -0.39 is 0 Å². The Morgan fingerprint density at radius 3 is 2.86 bits per heavy atom. The summed E-state index contributed by atoms with van der Waals surface area (Å²) in [6, 6.07) is 2.49. The predicted molar refractivity (Wildman–Crippen MR) is 59.2 cm³/mol. The monoisotopic (exact) mass is 191 g/mol. The molecule has 0 spiro atoms. The molecule has 0 radical (unpaired) electrons. The van der Waals surface area contributed by atoms with Gasteiger partial charge in [-0.2, -0.15) is 0 Å². The van der Waals surface area contributed by atoms with Crippen molar-refractivity contribution in [2.24, 2.45) is 5.92 Å². The first-order valence-electron chi connectivity index (χ1n) is 5.15. The Kier molecular flexibility index (Phi) is 2.32. The lowest BCUT2D eigenvalue weighted by atomic mass is 10.2. The molecule has 14 heavy (non-hydrogen) atoms. The lowest BCUT2D eigenvalue weighted by Crippen LogP contribution is -2.18. The number of rotatable bonds is 3. The molecule has 3 heteroatoms. The fourth-order valence-electron chi connectivity index (χ4n) is 1.68. The molecule has 1 unspecified atom stereocenters. The molecule has 1 aliphatic carbocycles. The van der Waals surface area contributed by atoms with Crippen molar-refractivity contribution in [3.8, 4) is 0 Å². The zero-order valence-electron chi connectivity index (χ0n) is 8.75. The Morgan fingerprint density at radius 1 is 1.57 bits per heavy atom. The second-order valence-electron chi connectivity index (χ2n) is 4.20. The maximum atomic E-state index is 5.64. The number of hydrogen-bond donors (Lipinski definition) is 2. The first-order chi connectivity index (χ1) is 6.66. The SMILES string of the molecule is Cc1cc(N)cnc1NC(C)C1CC1. The number of pyridine rings is 1. The molecule has 3 nitrogen and oxygen atoms in total. The standard InChI is InChI=1S/C11H17N3/c1-7-5-10(12)6-13-11(7)14-8(2)9-3-4-9/h5-6,8-9H,3-4,12H2,1-2H3,(H,13,14). The smallest absolute Gasteiger partial charge is 0.129 e. The van der Waals surface area contributed by atoms with Crippen LogP contribution in [0.25, 0.3) is 0 Å². The Balaban J connectivity index is 2.07. The molecule has 1 saturated carbocycles. The third-order valence-electron chi connectivity index (χ3n) is 2.79. The zero-order chi connectivity index (χ0) is 10.1. The normalized spacial score (nSPS) is 17.9. The summed E-state index contributed by atoms with van der Waals surface area (Å²) < 4.78 is 0. The van der Waals surface area contributed by atoms with Crippen molar-refractivity contribution >= 4 is 11.5 Å². The van der Waals surface area contributed by atoms with Gasteiger partial charge in [0, 0.05) is 6.04 Å². The Morgan fingerprint density at radius 2 is 2.29 bits per heavy atom. The van der Waals surface area contributed by atoms with Crippen LogP contribution in [0.4, 0.5) is 11.5 Å². The van der Waals surface area contributed by atoms with Gasteiger partial charge in [0.25, 0.3) is 0 Å². The molecule has 0 aliphatic heterocycles. The molecule has 1 aromatic rings. The first kappa shape index (κ1) is 9.31. The molecule has 0 aromatic carbocycles. The van der Waals surface area contributed by atoms with Gasteiger partial charge in [-0.1, -0.05) is 0 Å². The molecule has 76 valence electrons. The third kappa shape index (κ3) is 1.97. The van der Waals surface area contributed by atoms with Crippen LogP contribution in [-0.4, -0.2) is 11.0 Å². The molecule has 0 amide bonds. The Bertz CT molecular complexity index is 331. The van der Waals surface area contributed by atoms with E-state index in [9.17, 15) is 0 Å². The second-order valence-corrected chi connectivity index (χ2v) is 4.20. The van der Waals surface area contributed by atoms with Crippen LogP contribution in [0, 0.1) is 12.8 Å². The summed E-state index contributed by atoms with van der Waals surface area (Å²) in [6.07, 6.45) is 4.40. The van der Waals surface area contributed by atoms with Crippen LogP contribution in [0.2, 0.25) is 0 Å². The summed E-state index contributed by atoms with van der Waals surface area (Å²) in [6.45, 7) is 4.25. The molecule has 1 atom stereocenters. The number of hydrogen-bond acceptors (Lipinski definition) is 3. The van der Waals surface area contributed by atoms with E-state index in [0.29, 0.717) is 6.04 Å². The largest absolute Gasteiger partial charge is 0.397 e. The number of nitrogen functional groups attached to an aromatic ring is 1. The molecule has 1 aromatic heterocycles. The van der Waals surface area contributed by atoms with Crippen molar-refractivity contribution in [3.05, 3.63) is 17.8 Å². The van der Waals surface area contributed by atoms with Crippen molar-refractivity contribution in [1.29, 1.82) is 0 Å². The highest BCUT2D eigenvalue weighted by Gasteiger charge is 2.28. The van der Waals surface area contributed by atoms with E-state index in [1.807, 2.05) is 13.0 Å². The average molecular weight is 191 g/mol. The summed E-state index contributed by atoms with van der Waals surface area (Å²) in [5.41, 5.74) is 7.49. The minimum atomic E-state index is 0.532. The number of nitrogens with two attached hydrogens (primary N) is 1. The van der Waals surface area contributed by atoms with E-state index in [2.05, 4.69) is 17.2 Å². The molecule has 0 bridgehead atoms. The van der Waals surface area contributed by atoms with Crippen LogP contribution < -0.4 is 11.1 Å². The van der Waals surface area contributed by atoms with Crippen molar-refractivity contribution in [2.75, 3.05) is 11.1 Å². The number of aryl methyl sites for hydroxylation is 1. The van der Waals surface area contributed by atoms with Crippen LogP contribution in [0.15, 0.2) is 12.3 Å². The lowest BCUT2D eigenvalue weighted by Gasteiger charge is -2.15. The van der Waals surface area contributed by atoms with E-state index in [0.717, 1.165) is 23.0 Å². The van der Waals surface area contributed by atoms with E-state index >= 15 is 0 Å². The van der Waals surface area contributed by atoms with Gasteiger partial charge in [0.05, 0.1) is 11.9 Å². The maximum absolute atomic E-state index is 5.64. The average Bonchev–Trinajstić information content (AvgIpc) is 2.92. The Hall–Kier alpha value is -1.25. The number of aromatic nitrogens is 1. The maximum Gasteiger partial charge on any atom is 0.129 e. The minimum Gasteiger partial charge on any atom is -0.397 e. The summed E-state index contributed by atoms with van der Waals surface area (Å²) >= 11 is 0. The molecular weight excluding hydrogens is 174 g/mol. The van der Waals surface area contributed by atoms with E-state index in [1.54, 1.807) is 6.20 Å². The predicted octanol–water partition coefficient (Wildman–Crippen LogP) is 2.18. The fraction of sp³-hybridized carbons (Fsp3) is 0.545. The Labute approximate surface area is 84.7 Å². The number of anilines is 2. The van der Waals surface area contributed by atoms with E-state index in [-0.39, 0.29) is 0 Å². The third-order valence-corrected chi connectivity index (χ3v) is 2.79. The molecule has 0 saturated heterocycles. The van der Waals surface area contributed by atoms with Crippen LogP contribution in [0.5, 0.6) is 0 Å². The summed E-state index contributed by atoms with van der Waals surface area (Å²) in [5.74, 6) is 1.81. The van der Waals surface area contributed by atoms with Gasteiger partial charge in [0.2, 0.25) is 0 Å². The van der Waals surface area contributed by atoms with Crippen LogP contribution >= 0.6 is 0 Å². The van der Waals surface area contributed by atoms with Gasteiger partial charge in [-0.15, -0.1) is 0 Å². The number of nitrogens with zero attached hydrogens (tertiary/aromatic N) is 1. The molecular formula is C11H17N3. The molecule has 1 fully saturated rings. The van der Waals surface area contributed by atoms with Gasteiger partial charge >= 0.3 is 0 Å². The quantitative estimate of drug-likeness (QED) is 0.770. The van der Waals surface area contributed by atoms with E-state index in [4.69, 9.17) is 5.73 Å². The highest BCUT2D eigenvalue weighted by atomic mass is 15.0. The molecule has 2 rings (SSSR count). The van der Waals surface area contributed by atoms with Crippen LogP contribution in [0.3, 0.4) is 0 Å². The van der Waals surface area contributed by atoms with Crippen molar-refractivity contribution in [2.45, 2.75) is 32.7 Å². The van der Waals surface area contributed by atoms with Gasteiger partial charge in [0.15, 0.2) is 0 Å². The fourth-order valence-corrected chi connectivity index (χ4v) is 1.68. The van der Waals surface area contributed by atoms with E-state index in [1.165, 1.54) is 12.8 Å². The van der Waals surface area contributed by atoms with Gasteiger partial charge < -0.3 is 11.1 Å². The summed E-state index contributed by atoms with van der Waals surface area (Å²) in [7, 11) is 0. The number of nitrogens with one attached hydrogen (secondary N) is 1. The summed E-state index contributed by atoms with van der Waals surface area (Å²) in [4.78, 5) is 4.29. The summed E-state index contributed by atoms with van der Waals surface area (Å²) in [5, 5.41) is 3.43.